The summed E-state index contributed by atoms with van der Waals surface area (Å²) in [6.07, 6.45) is 3.01. The zero-order valence-corrected chi connectivity index (χ0v) is 29.2. The van der Waals surface area contributed by atoms with E-state index in [0.717, 1.165) is 38.5 Å². The number of allylic oxidation sites excluding steroid dienone is 3. The Balaban J connectivity index is 2.01. The second-order valence-electron chi connectivity index (χ2n) is 13.0. The number of unbranched alkanes of at least 4 members (excludes halogenated alkanes) is 9. The first kappa shape index (κ1) is 43.6. The molecule has 9 N–H and O–H groups in total. The molecule has 12 atom stereocenters. The van der Waals surface area contributed by atoms with Crippen molar-refractivity contribution in [2.75, 3.05) is 19.8 Å². The molecule has 0 bridgehead atoms. The van der Waals surface area contributed by atoms with Crippen molar-refractivity contribution in [1.82, 2.24) is 5.32 Å². The lowest BCUT2D eigenvalue weighted by atomic mass is 9.97. The number of ether oxygens (including phenoxy) is 4. The molecule has 2 aliphatic heterocycles. The Morgan fingerprint density at radius 3 is 1.96 bits per heavy atom. The third-order valence-corrected chi connectivity index (χ3v) is 8.87. The topological polar surface area (TPSA) is 228 Å². The minimum Gasteiger partial charge on any atom is -0.394 e. The van der Waals surface area contributed by atoms with Gasteiger partial charge in [0.1, 0.15) is 48.8 Å². The first-order chi connectivity index (χ1) is 23.6. The quantitative estimate of drug-likeness (QED) is 0.0498. The number of aliphatic hydroxyl groups is 8. The maximum Gasteiger partial charge on any atom is 0.220 e. The fourth-order valence-corrected chi connectivity index (χ4v) is 5.78. The summed E-state index contributed by atoms with van der Waals surface area (Å²) in [6, 6.07) is -0.919. The molecule has 49 heavy (non-hydrogen) atoms. The number of nitrogens with one attached hydrogen (secondary N) is 1. The molecular formula is C35H63NO13. The normalized spacial score (nSPS) is 32.1. The van der Waals surface area contributed by atoms with Crippen molar-refractivity contribution in [3.63, 3.8) is 0 Å². The van der Waals surface area contributed by atoms with E-state index in [2.05, 4.69) is 31.3 Å². The van der Waals surface area contributed by atoms with Crippen LogP contribution in [0.4, 0.5) is 0 Å². The summed E-state index contributed by atoms with van der Waals surface area (Å²) < 4.78 is 22.4. The molecule has 2 aliphatic rings. The fraction of sp³-hybridized carbons (Fsp3) is 0.857. The standard InChI is InChI=1S/C35H63NO13/c1-3-5-7-9-11-13-15-17-19-27(40)36-23(24(39)18-16-14-12-10-8-6-4-2)22-46-34-32(45)30(43)33(26(21-38)48-34)49-35-31(44)29(42)28(41)25(20-37)47-35/h8,10,16,18,23-26,28-35,37-39,41-45H,3-7,9,11-15,17,19-22H2,1-2H3,(H,36,40)/b10-8+,18-16+. The van der Waals surface area contributed by atoms with Crippen LogP contribution in [0.1, 0.15) is 97.3 Å². The van der Waals surface area contributed by atoms with E-state index in [0.29, 0.717) is 12.8 Å². The Morgan fingerprint density at radius 1 is 0.714 bits per heavy atom. The van der Waals surface area contributed by atoms with Crippen LogP contribution in [0.2, 0.25) is 0 Å². The fourth-order valence-electron chi connectivity index (χ4n) is 5.78. The van der Waals surface area contributed by atoms with Gasteiger partial charge in [-0.2, -0.15) is 0 Å². The van der Waals surface area contributed by atoms with Crippen LogP contribution in [0.15, 0.2) is 24.3 Å². The number of amides is 1. The van der Waals surface area contributed by atoms with Crippen molar-refractivity contribution in [1.29, 1.82) is 0 Å². The highest BCUT2D eigenvalue weighted by Gasteiger charge is 2.50. The second-order valence-corrected chi connectivity index (χ2v) is 13.0. The Hall–Kier alpha value is -1.53. The van der Waals surface area contributed by atoms with Crippen LogP contribution in [-0.2, 0) is 23.7 Å². The lowest BCUT2D eigenvalue weighted by Crippen LogP contribution is -2.65. The van der Waals surface area contributed by atoms with E-state index in [-0.39, 0.29) is 18.9 Å². The summed E-state index contributed by atoms with van der Waals surface area (Å²) in [6.45, 7) is 2.55. The summed E-state index contributed by atoms with van der Waals surface area (Å²) in [5.74, 6) is -0.263. The molecule has 2 saturated heterocycles. The number of hydrogen-bond donors (Lipinski definition) is 9. The molecule has 2 rings (SSSR count). The molecule has 0 aromatic carbocycles. The Morgan fingerprint density at radius 2 is 1.31 bits per heavy atom. The lowest BCUT2D eigenvalue weighted by Gasteiger charge is -2.46. The summed E-state index contributed by atoms with van der Waals surface area (Å²) >= 11 is 0. The molecule has 0 spiro atoms. The van der Waals surface area contributed by atoms with E-state index >= 15 is 0 Å². The summed E-state index contributed by atoms with van der Waals surface area (Å²) in [5, 5.41) is 85.5. The number of rotatable bonds is 24. The van der Waals surface area contributed by atoms with Gasteiger partial charge in [-0.25, -0.2) is 0 Å². The van der Waals surface area contributed by atoms with Gasteiger partial charge in [-0.05, 0) is 25.7 Å². The molecule has 2 fully saturated rings. The van der Waals surface area contributed by atoms with Crippen LogP contribution >= 0.6 is 0 Å². The van der Waals surface area contributed by atoms with Crippen LogP contribution in [0.5, 0.6) is 0 Å². The highest BCUT2D eigenvalue weighted by Crippen LogP contribution is 2.29. The van der Waals surface area contributed by atoms with Crippen molar-refractivity contribution in [2.24, 2.45) is 0 Å². The number of carbonyl (C=O) groups excluding carboxylic acids is 1. The van der Waals surface area contributed by atoms with Crippen molar-refractivity contribution in [3.05, 3.63) is 24.3 Å². The molecule has 0 aromatic rings. The minimum atomic E-state index is -1.78. The average Bonchev–Trinajstić information content (AvgIpc) is 3.09. The lowest BCUT2D eigenvalue weighted by molar-refractivity contribution is -0.359. The van der Waals surface area contributed by atoms with E-state index in [1.165, 1.54) is 25.7 Å². The van der Waals surface area contributed by atoms with Crippen molar-refractivity contribution in [3.8, 4) is 0 Å². The Bertz CT molecular complexity index is 935. The maximum absolute atomic E-state index is 12.9. The van der Waals surface area contributed by atoms with Crippen molar-refractivity contribution < 1.29 is 64.6 Å². The Labute approximate surface area is 290 Å². The van der Waals surface area contributed by atoms with Gasteiger partial charge in [0, 0.05) is 6.42 Å². The van der Waals surface area contributed by atoms with E-state index in [1.807, 2.05) is 6.08 Å². The summed E-state index contributed by atoms with van der Waals surface area (Å²) in [4.78, 5) is 12.9. The SMILES string of the molecule is CCC/C=C/CC/C=C/C(O)C(COC1OC(CO)C(OC2OC(CO)C(O)C(O)C2O)C(O)C1O)NC(=O)CCCCCCCCCC. The second kappa shape index (κ2) is 24.6. The number of carbonyl (C=O) groups is 1. The number of hydrogen-bond acceptors (Lipinski definition) is 13. The van der Waals surface area contributed by atoms with E-state index < -0.39 is 86.8 Å². The van der Waals surface area contributed by atoms with Crippen LogP contribution in [0.25, 0.3) is 0 Å². The molecule has 0 radical (unpaired) electrons. The molecule has 2 heterocycles. The van der Waals surface area contributed by atoms with Gasteiger partial charge in [0.2, 0.25) is 5.91 Å². The molecule has 1 amide bonds. The van der Waals surface area contributed by atoms with Crippen LogP contribution in [0.3, 0.4) is 0 Å². The summed E-state index contributed by atoms with van der Waals surface area (Å²) in [5.41, 5.74) is 0. The number of aliphatic hydroxyl groups excluding tert-OH is 8. The summed E-state index contributed by atoms with van der Waals surface area (Å²) in [7, 11) is 0. The van der Waals surface area contributed by atoms with Crippen LogP contribution in [0, 0.1) is 0 Å². The van der Waals surface area contributed by atoms with Crippen molar-refractivity contribution in [2.45, 2.75) is 171 Å². The zero-order valence-electron chi connectivity index (χ0n) is 29.2. The van der Waals surface area contributed by atoms with Gasteiger partial charge in [-0.1, -0.05) is 89.5 Å². The molecule has 14 nitrogen and oxygen atoms in total. The minimum absolute atomic E-state index is 0.263. The molecule has 14 heteroatoms. The first-order valence-electron chi connectivity index (χ1n) is 18.1. The van der Waals surface area contributed by atoms with Gasteiger partial charge in [0.25, 0.3) is 0 Å². The van der Waals surface area contributed by atoms with E-state index in [9.17, 15) is 45.6 Å². The smallest absolute Gasteiger partial charge is 0.220 e. The van der Waals surface area contributed by atoms with Crippen LogP contribution < -0.4 is 5.32 Å². The third-order valence-electron chi connectivity index (χ3n) is 8.87. The zero-order chi connectivity index (χ0) is 36.2. The molecule has 0 aliphatic carbocycles. The highest BCUT2D eigenvalue weighted by atomic mass is 16.7. The maximum atomic E-state index is 12.9. The van der Waals surface area contributed by atoms with Gasteiger partial charge >= 0.3 is 0 Å². The molecule has 0 saturated carbocycles. The molecule has 0 aromatic heterocycles. The van der Waals surface area contributed by atoms with E-state index in [4.69, 9.17) is 18.9 Å². The third kappa shape index (κ3) is 14.9. The van der Waals surface area contributed by atoms with Gasteiger partial charge in [0.05, 0.1) is 32.0 Å². The Kier molecular flexibility index (Phi) is 21.9. The van der Waals surface area contributed by atoms with Gasteiger partial charge < -0.3 is 65.1 Å². The largest absolute Gasteiger partial charge is 0.394 e. The van der Waals surface area contributed by atoms with Gasteiger partial charge in [-0.15, -0.1) is 0 Å². The van der Waals surface area contributed by atoms with E-state index in [1.54, 1.807) is 6.08 Å². The van der Waals surface area contributed by atoms with Gasteiger partial charge in [0.15, 0.2) is 12.6 Å². The predicted octanol–water partition coefficient (Wildman–Crippen LogP) is 0.696. The first-order valence-corrected chi connectivity index (χ1v) is 18.1. The average molecular weight is 706 g/mol. The van der Waals surface area contributed by atoms with Crippen LogP contribution in [-0.4, -0.2) is 140 Å². The highest BCUT2D eigenvalue weighted by molar-refractivity contribution is 5.76. The van der Waals surface area contributed by atoms with Gasteiger partial charge in [-0.3, -0.25) is 4.79 Å². The predicted molar refractivity (Wildman–Crippen MR) is 180 cm³/mol. The molecular weight excluding hydrogens is 642 g/mol. The van der Waals surface area contributed by atoms with Crippen molar-refractivity contribution >= 4 is 5.91 Å². The molecule has 12 unspecified atom stereocenters. The molecule has 286 valence electrons. The monoisotopic (exact) mass is 705 g/mol.